The number of hydrogen-bond acceptors (Lipinski definition) is 5. The maximum absolute atomic E-state index is 12.3. The summed E-state index contributed by atoms with van der Waals surface area (Å²) >= 11 is 6.46. The molecule has 1 saturated carbocycles. The Morgan fingerprint density at radius 3 is 2.68 bits per heavy atom. The van der Waals surface area contributed by atoms with Gasteiger partial charge in [0.05, 0.1) is 28.1 Å². The van der Waals surface area contributed by atoms with Crippen LogP contribution in [-0.2, 0) is 0 Å². The van der Waals surface area contributed by atoms with E-state index in [0.29, 0.717) is 28.9 Å². The number of halogens is 1. The number of carbonyl (C=O) groups excluding carboxylic acids is 1. The standard InChI is InChI=1S/C22H20ClN7O/c23-16-9-14(8-15-11-26-30-17(15)16)19-18(13-4-2-1-3-5-13)27-20(24)21(28-19)29-22(31)25-10-12-6-7-12/h1-5,8-9,11-12H,6-7,10H2,(H2,24,27)(H,26,30)(H2,25,28,29,31). The maximum atomic E-state index is 12.3. The Morgan fingerprint density at radius 2 is 1.90 bits per heavy atom. The molecule has 0 unspecified atom stereocenters. The minimum Gasteiger partial charge on any atom is -0.381 e. The van der Waals surface area contributed by atoms with E-state index in [2.05, 4.69) is 30.8 Å². The summed E-state index contributed by atoms with van der Waals surface area (Å²) in [5.41, 5.74) is 9.66. The Kier molecular flexibility index (Phi) is 4.91. The van der Waals surface area contributed by atoms with Gasteiger partial charge in [0.1, 0.15) is 0 Å². The maximum Gasteiger partial charge on any atom is 0.320 e. The third-order valence-electron chi connectivity index (χ3n) is 5.22. The lowest BCUT2D eigenvalue weighted by Gasteiger charge is -2.14. The van der Waals surface area contributed by atoms with Gasteiger partial charge < -0.3 is 11.1 Å². The minimum atomic E-state index is -0.352. The highest BCUT2D eigenvalue weighted by atomic mass is 35.5. The normalized spacial score (nSPS) is 13.3. The van der Waals surface area contributed by atoms with Gasteiger partial charge in [0.2, 0.25) is 0 Å². The lowest BCUT2D eigenvalue weighted by molar-refractivity contribution is 0.251. The second kappa shape index (κ2) is 7.88. The molecule has 1 aliphatic rings. The zero-order valence-corrected chi connectivity index (χ0v) is 17.3. The molecule has 8 nitrogen and oxygen atoms in total. The first-order chi connectivity index (χ1) is 15.1. The third kappa shape index (κ3) is 4.02. The largest absolute Gasteiger partial charge is 0.381 e. The van der Waals surface area contributed by atoms with Crippen LogP contribution >= 0.6 is 11.6 Å². The van der Waals surface area contributed by atoms with Crippen LogP contribution < -0.4 is 16.4 Å². The number of nitrogens with one attached hydrogen (secondary N) is 3. The Balaban J connectivity index is 1.59. The second-order valence-electron chi connectivity index (χ2n) is 7.59. The number of carbonyl (C=O) groups is 1. The van der Waals surface area contributed by atoms with Crippen molar-refractivity contribution in [2.75, 3.05) is 17.6 Å². The Labute approximate surface area is 183 Å². The van der Waals surface area contributed by atoms with Crippen molar-refractivity contribution in [1.82, 2.24) is 25.5 Å². The van der Waals surface area contributed by atoms with Gasteiger partial charge in [-0.1, -0.05) is 41.9 Å². The van der Waals surface area contributed by atoms with Crippen molar-refractivity contribution in [3.63, 3.8) is 0 Å². The first-order valence-electron chi connectivity index (χ1n) is 9.99. The number of fused-ring (bicyclic) bond motifs is 1. The lowest BCUT2D eigenvalue weighted by Crippen LogP contribution is -2.31. The van der Waals surface area contributed by atoms with Gasteiger partial charge in [0.25, 0.3) is 0 Å². The van der Waals surface area contributed by atoms with E-state index in [1.165, 1.54) is 0 Å². The number of nitrogen functional groups attached to an aromatic ring is 1. The molecule has 1 aliphatic carbocycles. The number of benzene rings is 2. The SMILES string of the molecule is Nc1nc(-c2ccccc2)c(-c2cc(Cl)c3[nH]ncc3c2)nc1NC(=O)NCC1CC1. The van der Waals surface area contributed by atoms with Crippen LogP contribution in [0.1, 0.15) is 12.8 Å². The first kappa shape index (κ1) is 19.3. The van der Waals surface area contributed by atoms with E-state index < -0.39 is 0 Å². The van der Waals surface area contributed by atoms with E-state index in [4.69, 9.17) is 17.3 Å². The fraction of sp³-hybridized carbons (Fsp3) is 0.182. The number of amides is 2. The molecule has 156 valence electrons. The van der Waals surface area contributed by atoms with Gasteiger partial charge in [-0.3, -0.25) is 10.4 Å². The van der Waals surface area contributed by atoms with Crippen LogP contribution in [0.25, 0.3) is 33.4 Å². The summed E-state index contributed by atoms with van der Waals surface area (Å²) in [6, 6.07) is 13.0. The van der Waals surface area contributed by atoms with Gasteiger partial charge in [-0.2, -0.15) is 5.10 Å². The van der Waals surface area contributed by atoms with Gasteiger partial charge in [0, 0.05) is 23.1 Å². The molecule has 31 heavy (non-hydrogen) atoms. The van der Waals surface area contributed by atoms with Crippen molar-refractivity contribution in [2.45, 2.75) is 12.8 Å². The number of nitrogens with zero attached hydrogens (tertiary/aromatic N) is 3. The molecule has 0 aliphatic heterocycles. The van der Waals surface area contributed by atoms with Gasteiger partial charge in [-0.05, 0) is 30.9 Å². The monoisotopic (exact) mass is 433 g/mol. The predicted octanol–water partition coefficient (Wildman–Crippen LogP) is 4.45. The molecule has 5 N–H and O–H groups in total. The number of H-pyrrole nitrogens is 1. The molecule has 4 aromatic rings. The molecular weight excluding hydrogens is 414 g/mol. The van der Waals surface area contributed by atoms with Crippen LogP contribution in [0, 0.1) is 5.92 Å². The summed E-state index contributed by atoms with van der Waals surface area (Å²) < 4.78 is 0. The molecule has 2 aromatic heterocycles. The summed E-state index contributed by atoms with van der Waals surface area (Å²) in [5.74, 6) is 0.903. The number of urea groups is 1. The number of rotatable bonds is 5. The highest BCUT2D eigenvalue weighted by Crippen LogP contribution is 2.35. The topological polar surface area (TPSA) is 122 Å². The van der Waals surface area contributed by atoms with Crippen molar-refractivity contribution in [3.8, 4) is 22.5 Å². The Morgan fingerprint density at radius 1 is 1.13 bits per heavy atom. The van der Waals surface area contributed by atoms with Crippen molar-refractivity contribution < 1.29 is 4.79 Å². The van der Waals surface area contributed by atoms with Gasteiger partial charge in [0.15, 0.2) is 11.6 Å². The summed E-state index contributed by atoms with van der Waals surface area (Å²) in [4.78, 5) is 21.6. The van der Waals surface area contributed by atoms with E-state index >= 15 is 0 Å². The molecule has 2 aromatic carbocycles. The van der Waals surface area contributed by atoms with E-state index in [1.54, 1.807) is 12.3 Å². The molecule has 2 amide bonds. The van der Waals surface area contributed by atoms with Gasteiger partial charge in [-0.25, -0.2) is 14.8 Å². The highest BCUT2D eigenvalue weighted by molar-refractivity contribution is 6.35. The summed E-state index contributed by atoms with van der Waals surface area (Å²) in [6.45, 7) is 0.640. The Bertz CT molecular complexity index is 1270. The molecule has 0 spiro atoms. The lowest BCUT2D eigenvalue weighted by atomic mass is 10.0. The van der Waals surface area contributed by atoms with Crippen molar-refractivity contribution in [3.05, 3.63) is 53.7 Å². The van der Waals surface area contributed by atoms with Crippen LogP contribution in [0.15, 0.2) is 48.7 Å². The number of anilines is 2. The molecule has 9 heteroatoms. The summed E-state index contributed by atoms with van der Waals surface area (Å²) in [6.07, 6.45) is 3.99. The fourth-order valence-electron chi connectivity index (χ4n) is 3.40. The smallest absolute Gasteiger partial charge is 0.320 e. The minimum absolute atomic E-state index is 0.139. The van der Waals surface area contributed by atoms with E-state index in [9.17, 15) is 4.79 Å². The van der Waals surface area contributed by atoms with E-state index in [1.807, 2.05) is 36.4 Å². The highest BCUT2D eigenvalue weighted by Gasteiger charge is 2.22. The molecule has 0 atom stereocenters. The van der Waals surface area contributed by atoms with Crippen LogP contribution in [0.5, 0.6) is 0 Å². The zero-order chi connectivity index (χ0) is 21.4. The van der Waals surface area contributed by atoms with Crippen LogP contribution in [-0.4, -0.2) is 32.7 Å². The molecule has 5 rings (SSSR count). The van der Waals surface area contributed by atoms with Crippen LogP contribution in [0.2, 0.25) is 5.02 Å². The molecule has 0 saturated heterocycles. The first-order valence-corrected chi connectivity index (χ1v) is 10.4. The van der Waals surface area contributed by atoms with E-state index in [0.717, 1.165) is 34.9 Å². The average molecular weight is 434 g/mol. The summed E-state index contributed by atoms with van der Waals surface area (Å²) in [7, 11) is 0. The van der Waals surface area contributed by atoms with Crippen LogP contribution in [0.3, 0.4) is 0 Å². The third-order valence-corrected chi connectivity index (χ3v) is 5.52. The quantitative estimate of drug-likeness (QED) is 0.370. The Hall–Kier alpha value is -3.65. The molecule has 1 fully saturated rings. The average Bonchev–Trinajstić information content (AvgIpc) is 3.48. The molecule has 2 heterocycles. The number of aromatic amines is 1. The zero-order valence-electron chi connectivity index (χ0n) is 16.5. The fourth-order valence-corrected chi connectivity index (χ4v) is 3.67. The van der Waals surface area contributed by atoms with Gasteiger partial charge >= 0.3 is 6.03 Å². The predicted molar refractivity (Wildman–Crippen MR) is 122 cm³/mol. The molecular formula is C22H20ClN7O. The molecule has 0 bridgehead atoms. The second-order valence-corrected chi connectivity index (χ2v) is 8.00. The van der Waals surface area contributed by atoms with E-state index in [-0.39, 0.29) is 17.7 Å². The van der Waals surface area contributed by atoms with Crippen molar-refractivity contribution in [2.24, 2.45) is 5.92 Å². The number of aromatic nitrogens is 4. The molecule has 0 radical (unpaired) electrons. The number of nitrogens with two attached hydrogens (primary N) is 1. The summed E-state index contributed by atoms with van der Waals surface area (Å²) in [5, 5.41) is 13.9. The van der Waals surface area contributed by atoms with Crippen LogP contribution in [0.4, 0.5) is 16.4 Å². The van der Waals surface area contributed by atoms with Crippen molar-refractivity contribution >= 4 is 40.2 Å². The van der Waals surface area contributed by atoms with Gasteiger partial charge in [-0.15, -0.1) is 0 Å². The van der Waals surface area contributed by atoms with Crippen molar-refractivity contribution in [1.29, 1.82) is 0 Å². The number of hydrogen-bond donors (Lipinski definition) is 4.